The van der Waals surface area contributed by atoms with Crippen molar-refractivity contribution in [2.75, 3.05) is 45.9 Å². The van der Waals surface area contributed by atoms with Crippen LogP contribution in [0.1, 0.15) is 24.8 Å². The molecule has 166 valence electrons. The van der Waals surface area contributed by atoms with Crippen LogP contribution in [0.15, 0.2) is 36.9 Å². The van der Waals surface area contributed by atoms with Crippen molar-refractivity contribution >= 4 is 11.8 Å². The topological polar surface area (TPSA) is 92.6 Å². The molecule has 0 saturated carbocycles. The first-order valence-electron chi connectivity index (χ1n) is 11.0. The summed E-state index contributed by atoms with van der Waals surface area (Å²) < 4.78 is 7.07. The van der Waals surface area contributed by atoms with Gasteiger partial charge in [0.15, 0.2) is 0 Å². The molecule has 0 spiro atoms. The van der Waals surface area contributed by atoms with Crippen molar-refractivity contribution in [2.45, 2.75) is 25.8 Å². The average Bonchev–Trinajstić information content (AvgIpc) is 3.34. The van der Waals surface area contributed by atoms with Crippen molar-refractivity contribution in [1.82, 2.24) is 29.9 Å². The zero-order valence-corrected chi connectivity index (χ0v) is 17.8. The van der Waals surface area contributed by atoms with Crippen LogP contribution in [0.25, 0.3) is 5.69 Å². The maximum Gasteiger partial charge on any atom is 0.225 e. The van der Waals surface area contributed by atoms with E-state index in [1.807, 2.05) is 29.2 Å². The van der Waals surface area contributed by atoms with Crippen molar-refractivity contribution in [3.05, 3.63) is 42.5 Å². The van der Waals surface area contributed by atoms with E-state index < -0.39 is 0 Å². The molecule has 1 aromatic heterocycles. The molecule has 1 aromatic carbocycles. The molecular formula is C22H30N6O3. The van der Waals surface area contributed by atoms with Crippen LogP contribution in [-0.4, -0.2) is 82.3 Å². The molecule has 31 heavy (non-hydrogen) atoms. The second-order valence-electron chi connectivity index (χ2n) is 8.07. The number of piperidine rings is 1. The average molecular weight is 427 g/mol. The van der Waals surface area contributed by atoms with Gasteiger partial charge in [-0.25, -0.2) is 9.67 Å². The molecule has 3 heterocycles. The van der Waals surface area contributed by atoms with Gasteiger partial charge in [-0.15, -0.1) is 0 Å². The van der Waals surface area contributed by atoms with Crippen LogP contribution in [0, 0.1) is 5.92 Å². The number of nitrogens with one attached hydrogen (secondary N) is 1. The molecule has 1 atom stereocenters. The minimum Gasteiger partial charge on any atom is -0.379 e. The molecule has 2 aliphatic heterocycles. The molecule has 4 rings (SSSR count). The van der Waals surface area contributed by atoms with Crippen LogP contribution >= 0.6 is 0 Å². The predicted octanol–water partition coefficient (Wildman–Crippen LogP) is 0.844. The Morgan fingerprint density at radius 2 is 2.03 bits per heavy atom. The lowest BCUT2D eigenvalue weighted by molar-refractivity contribution is -0.138. The number of rotatable bonds is 8. The quantitative estimate of drug-likeness (QED) is 0.673. The molecule has 2 amide bonds. The fourth-order valence-corrected chi connectivity index (χ4v) is 4.20. The van der Waals surface area contributed by atoms with Gasteiger partial charge in [0, 0.05) is 45.7 Å². The second kappa shape index (κ2) is 10.5. The lowest BCUT2D eigenvalue weighted by Gasteiger charge is -2.33. The van der Waals surface area contributed by atoms with Gasteiger partial charge in [-0.2, -0.15) is 5.10 Å². The third-order valence-electron chi connectivity index (χ3n) is 5.99. The van der Waals surface area contributed by atoms with Gasteiger partial charge in [-0.1, -0.05) is 18.2 Å². The highest BCUT2D eigenvalue weighted by atomic mass is 16.5. The van der Waals surface area contributed by atoms with Gasteiger partial charge in [0.1, 0.15) is 12.7 Å². The van der Waals surface area contributed by atoms with E-state index in [2.05, 4.69) is 20.3 Å². The summed E-state index contributed by atoms with van der Waals surface area (Å²) >= 11 is 0. The van der Waals surface area contributed by atoms with E-state index in [-0.39, 0.29) is 17.7 Å². The highest BCUT2D eigenvalue weighted by Crippen LogP contribution is 2.19. The first kappa shape index (κ1) is 21.5. The van der Waals surface area contributed by atoms with Crippen LogP contribution in [0.4, 0.5) is 0 Å². The van der Waals surface area contributed by atoms with Gasteiger partial charge in [0.25, 0.3) is 0 Å². The second-order valence-corrected chi connectivity index (χ2v) is 8.07. The Bertz CT molecular complexity index is 866. The van der Waals surface area contributed by atoms with Crippen LogP contribution in [0.5, 0.6) is 0 Å². The molecule has 9 heteroatoms. The number of morpholine rings is 1. The highest BCUT2D eigenvalue weighted by Gasteiger charge is 2.30. The fourth-order valence-electron chi connectivity index (χ4n) is 4.20. The van der Waals surface area contributed by atoms with Gasteiger partial charge in [-0.3, -0.25) is 14.5 Å². The molecule has 1 N–H and O–H groups in total. The number of carbonyl (C=O) groups is 2. The number of nitrogens with zero attached hydrogens (tertiary/aromatic N) is 5. The Kier molecular flexibility index (Phi) is 7.26. The number of carbonyl (C=O) groups excluding carboxylic acids is 2. The molecule has 0 radical (unpaired) electrons. The molecular weight excluding hydrogens is 396 g/mol. The van der Waals surface area contributed by atoms with E-state index in [0.717, 1.165) is 50.5 Å². The van der Waals surface area contributed by atoms with E-state index in [0.29, 0.717) is 32.5 Å². The Labute approximate surface area is 182 Å². The van der Waals surface area contributed by atoms with Gasteiger partial charge in [0.2, 0.25) is 11.8 Å². The summed E-state index contributed by atoms with van der Waals surface area (Å²) in [6.07, 6.45) is 5.09. The smallest absolute Gasteiger partial charge is 0.225 e. The summed E-state index contributed by atoms with van der Waals surface area (Å²) in [5.74, 6) is -0.0127. The van der Waals surface area contributed by atoms with Gasteiger partial charge in [0.05, 0.1) is 24.8 Å². The third kappa shape index (κ3) is 5.68. The predicted molar refractivity (Wildman–Crippen MR) is 114 cm³/mol. The first-order chi connectivity index (χ1) is 15.2. The van der Waals surface area contributed by atoms with Crippen LogP contribution < -0.4 is 5.32 Å². The lowest BCUT2D eigenvalue weighted by atomic mass is 9.96. The van der Waals surface area contributed by atoms with E-state index in [1.54, 1.807) is 11.0 Å². The lowest BCUT2D eigenvalue weighted by Crippen LogP contribution is -2.46. The molecule has 2 aliphatic rings. The fraction of sp³-hybridized carbons (Fsp3) is 0.545. The zero-order chi connectivity index (χ0) is 21.5. The zero-order valence-electron chi connectivity index (χ0n) is 17.8. The van der Waals surface area contributed by atoms with Crippen molar-refractivity contribution < 1.29 is 14.3 Å². The van der Waals surface area contributed by atoms with Crippen molar-refractivity contribution in [1.29, 1.82) is 0 Å². The number of aromatic nitrogens is 3. The molecule has 2 fully saturated rings. The van der Waals surface area contributed by atoms with Gasteiger partial charge < -0.3 is 15.0 Å². The highest BCUT2D eigenvalue weighted by molar-refractivity contribution is 5.83. The number of hydrogen-bond donors (Lipinski definition) is 1. The van der Waals surface area contributed by atoms with Crippen molar-refractivity contribution in [3.8, 4) is 5.69 Å². The van der Waals surface area contributed by atoms with Crippen molar-refractivity contribution in [2.24, 2.45) is 5.92 Å². The molecule has 0 bridgehead atoms. The van der Waals surface area contributed by atoms with Crippen molar-refractivity contribution in [3.63, 3.8) is 0 Å². The number of ether oxygens (including phenoxy) is 1. The molecule has 0 aliphatic carbocycles. The van der Waals surface area contributed by atoms with E-state index >= 15 is 0 Å². The number of benzene rings is 1. The normalized spacial score (nSPS) is 20.1. The first-order valence-corrected chi connectivity index (χ1v) is 11.0. The monoisotopic (exact) mass is 426 g/mol. The van der Waals surface area contributed by atoms with E-state index in [4.69, 9.17) is 4.74 Å². The van der Waals surface area contributed by atoms with E-state index in [1.165, 1.54) is 6.33 Å². The maximum absolute atomic E-state index is 12.8. The van der Waals surface area contributed by atoms with Gasteiger partial charge in [-0.05, 0) is 24.5 Å². The SMILES string of the molecule is O=C(NCc1ccccc1-n1cncn1)C1CCC(=O)N(CCCN2CCOCC2)C1. The Balaban J connectivity index is 1.27. The molecule has 9 nitrogen and oxygen atoms in total. The molecule has 2 aromatic rings. The largest absolute Gasteiger partial charge is 0.379 e. The number of hydrogen-bond acceptors (Lipinski definition) is 6. The minimum atomic E-state index is -0.167. The van der Waals surface area contributed by atoms with Crippen LogP contribution in [0.2, 0.25) is 0 Å². The summed E-state index contributed by atoms with van der Waals surface area (Å²) in [6.45, 7) is 6.05. The standard InChI is InChI=1S/C22H30N6O3/c29-21-7-6-19(15-27(21)9-3-8-26-10-12-31-13-11-26)22(30)24-14-18-4-1-2-5-20(18)28-17-23-16-25-28/h1-2,4-5,16-17,19H,3,6-15H2,(H,24,30). The maximum atomic E-state index is 12.8. The Hall–Kier alpha value is -2.78. The van der Waals surface area contributed by atoms with Crippen LogP contribution in [-0.2, 0) is 20.9 Å². The van der Waals surface area contributed by atoms with Gasteiger partial charge >= 0.3 is 0 Å². The summed E-state index contributed by atoms with van der Waals surface area (Å²) in [7, 11) is 0. The number of amides is 2. The number of para-hydroxylation sites is 1. The van der Waals surface area contributed by atoms with Crippen LogP contribution in [0.3, 0.4) is 0 Å². The minimum absolute atomic E-state index is 0.000859. The third-order valence-corrected chi connectivity index (χ3v) is 5.99. The molecule has 1 unspecified atom stereocenters. The Morgan fingerprint density at radius 3 is 2.84 bits per heavy atom. The van der Waals surface area contributed by atoms with E-state index in [9.17, 15) is 9.59 Å². The number of likely N-dealkylation sites (tertiary alicyclic amines) is 1. The molecule has 2 saturated heterocycles. The Morgan fingerprint density at radius 1 is 1.19 bits per heavy atom. The summed E-state index contributed by atoms with van der Waals surface area (Å²) in [5.41, 5.74) is 1.86. The summed E-state index contributed by atoms with van der Waals surface area (Å²) in [5, 5.41) is 7.24. The summed E-state index contributed by atoms with van der Waals surface area (Å²) in [4.78, 5) is 33.4. The summed E-state index contributed by atoms with van der Waals surface area (Å²) in [6, 6.07) is 7.80.